The molecule has 0 heterocycles. The van der Waals surface area contributed by atoms with Crippen LogP contribution in [0, 0.1) is 11.8 Å². The maximum atomic E-state index is 11.8. The summed E-state index contributed by atoms with van der Waals surface area (Å²) in [6.45, 7) is 2.19. The molecule has 16 heavy (non-hydrogen) atoms. The summed E-state index contributed by atoms with van der Waals surface area (Å²) in [6.07, 6.45) is 5.22. The van der Waals surface area contributed by atoms with E-state index in [1.807, 2.05) is 6.07 Å². The predicted molar refractivity (Wildman–Crippen MR) is 66.3 cm³/mol. The third-order valence-electron chi connectivity index (χ3n) is 3.47. The molecule has 1 saturated carbocycles. The summed E-state index contributed by atoms with van der Waals surface area (Å²) in [5, 5.41) is 0. The van der Waals surface area contributed by atoms with Gasteiger partial charge >= 0.3 is 0 Å². The molecule has 0 bridgehead atoms. The van der Waals surface area contributed by atoms with Gasteiger partial charge in [-0.2, -0.15) is 0 Å². The van der Waals surface area contributed by atoms with Crippen LogP contribution in [0.3, 0.4) is 0 Å². The lowest BCUT2D eigenvalue weighted by Crippen LogP contribution is -2.11. The monoisotopic (exact) mass is 216 g/mol. The second-order valence-electron chi connectivity index (χ2n) is 4.91. The van der Waals surface area contributed by atoms with Crippen LogP contribution in [0.25, 0.3) is 0 Å². The first-order valence-electron chi connectivity index (χ1n) is 6.36. The largest absolute Gasteiger partial charge is 0.299 e. The van der Waals surface area contributed by atoms with E-state index in [0.29, 0.717) is 17.6 Å². The Morgan fingerprint density at radius 1 is 1.31 bits per heavy atom. The van der Waals surface area contributed by atoms with E-state index in [0.717, 1.165) is 32.1 Å². The van der Waals surface area contributed by atoms with Gasteiger partial charge < -0.3 is 0 Å². The zero-order valence-electron chi connectivity index (χ0n) is 9.99. The lowest BCUT2D eigenvalue weighted by atomic mass is 9.91. The summed E-state index contributed by atoms with van der Waals surface area (Å²) in [5.74, 6) is 1.46. The van der Waals surface area contributed by atoms with Crippen LogP contribution >= 0.6 is 0 Å². The number of hydrogen-bond acceptors (Lipinski definition) is 1. The molecular formula is C15H20O. The molecule has 1 unspecified atom stereocenters. The van der Waals surface area contributed by atoms with Crippen molar-refractivity contribution in [2.45, 2.75) is 39.0 Å². The van der Waals surface area contributed by atoms with E-state index < -0.39 is 0 Å². The van der Waals surface area contributed by atoms with Crippen molar-refractivity contribution in [3.63, 3.8) is 0 Å². The molecule has 1 atom stereocenters. The SMILES string of the molecule is CCC(CC(=O)C1CC1)Cc1ccccc1. The second kappa shape index (κ2) is 5.29. The molecule has 1 aliphatic carbocycles. The Balaban J connectivity index is 1.87. The fraction of sp³-hybridized carbons (Fsp3) is 0.533. The molecule has 0 radical (unpaired) electrons. The number of benzene rings is 1. The van der Waals surface area contributed by atoms with Crippen molar-refractivity contribution in [1.82, 2.24) is 0 Å². The molecule has 0 aliphatic heterocycles. The molecule has 1 aliphatic rings. The number of hydrogen-bond donors (Lipinski definition) is 0. The van der Waals surface area contributed by atoms with Crippen LogP contribution in [-0.2, 0) is 11.2 Å². The summed E-state index contributed by atoms with van der Waals surface area (Å²) in [4.78, 5) is 11.8. The van der Waals surface area contributed by atoms with Gasteiger partial charge in [0, 0.05) is 12.3 Å². The minimum absolute atomic E-state index is 0.421. The lowest BCUT2D eigenvalue weighted by Gasteiger charge is -2.13. The molecule has 1 fully saturated rings. The number of carbonyl (C=O) groups excluding carboxylic acids is 1. The first-order chi connectivity index (χ1) is 7.79. The summed E-state index contributed by atoms with van der Waals surface area (Å²) in [5.41, 5.74) is 1.36. The smallest absolute Gasteiger partial charge is 0.136 e. The Bertz CT molecular complexity index is 338. The van der Waals surface area contributed by atoms with Crippen molar-refractivity contribution in [3.8, 4) is 0 Å². The van der Waals surface area contributed by atoms with E-state index >= 15 is 0 Å². The highest BCUT2D eigenvalue weighted by Crippen LogP contribution is 2.32. The average Bonchev–Trinajstić information content (AvgIpc) is 3.13. The van der Waals surface area contributed by atoms with Gasteiger partial charge in [-0.3, -0.25) is 4.79 Å². The van der Waals surface area contributed by atoms with Crippen molar-refractivity contribution in [2.75, 3.05) is 0 Å². The molecule has 0 aromatic heterocycles. The molecule has 0 saturated heterocycles. The fourth-order valence-corrected chi connectivity index (χ4v) is 2.16. The molecule has 1 heteroatoms. The average molecular weight is 216 g/mol. The van der Waals surface area contributed by atoms with Crippen molar-refractivity contribution in [3.05, 3.63) is 35.9 Å². The summed E-state index contributed by atoms with van der Waals surface area (Å²) >= 11 is 0. The molecular weight excluding hydrogens is 196 g/mol. The standard InChI is InChI=1S/C15H20O/c1-2-12(11-15(16)14-8-9-14)10-13-6-4-3-5-7-13/h3-7,12,14H,2,8-11H2,1H3. The maximum Gasteiger partial charge on any atom is 0.136 e. The Hall–Kier alpha value is -1.11. The van der Waals surface area contributed by atoms with Crippen molar-refractivity contribution in [2.24, 2.45) is 11.8 Å². The van der Waals surface area contributed by atoms with Gasteiger partial charge in [0.05, 0.1) is 0 Å². The quantitative estimate of drug-likeness (QED) is 0.709. The van der Waals surface area contributed by atoms with Gasteiger partial charge in [0.1, 0.15) is 5.78 Å². The van der Waals surface area contributed by atoms with Gasteiger partial charge in [-0.15, -0.1) is 0 Å². The first-order valence-corrected chi connectivity index (χ1v) is 6.36. The van der Waals surface area contributed by atoms with Gasteiger partial charge in [-0.05, 0) is 30.7 Å². The van der Waals surface area contributed by atoms with Crippen LogP contribution in [0.4, 0.5) is 0 Å². The van der Waals surface area contributed by atoms with Crippen LogP contribution in [0.2, 0.25) is 0 Å². The summed E-state index contributed by atoms with van der Waals surface area (Å²) in [6, 6.07) is 10.5. The van der Waals surface area contributed by atoms with Gasteiger partial charge in [0.15, 0.2) is 0 Å². The zero-order valence-corrected chi connectivity index (χ0v) is 9.99. The van der Waals surface area contributed by atoms with Crippen molar-refractivity contribution < 1.29 is 4.79 Å². The Morgan fingerprint density at radius 3 is 2.56 bits per heavy atom. The van der Waals surface area contributed by atoms with Crippen LogP contribution in [0.1, 0.15) is 38.2 Å². The van der Waals surface area contributed by atoms with E-state index in [4.69, 9.17) is 0 Å². The van der Waals surface area contributed by atoms with E-state index in [9.17, 15) is 4.79 Å². The minimum atomic E-state index is 0.421. The van der Waals surface area contributed by atoms with Crippen molar-refractivity contribution in [1.29, 1.82) is 0 Å². The van der Waals surface area contributed by atoms with Crippen LogP contribution < -0.4 is 0 Å². The van der Waals surface area contributed by atoms with Gasteiger partial charge in [-0.25, -0.2) is 0 Å². The Kier molecular flexibility index (Phi) is 3.76. The zero-order chi connectivity index (χ0) is 11.4. The van der Waals surface area contributed by atoms with Gasteiger partial charge in [-0.1, -0.05) is 43.7 Å². The number of carbonyl (C=O) groups is 1. The van der Waals surface area contributed by atoms with E-state index in [2.05, 4.69) is 31.2 Å². The minimum Gasteiger partial charge on any atom is -0.299 e. The topological polar surface area (TPSA) is 17.1 Å². The van der Waals surface area contributed by atoms with Crippen LogP contribution in [0.5, 0.6) is 0 Å². The first kappa shape index (κ1) is 11.4. The molecule has 2 rings (SSSR count). The molecule has 0 N–H and O–H groups in total. The van der Waals surface area contributed by atoms with Crippen molar-refractivity contribution >= 4 is 5.78 Å². The summed E-state index contributed by atoms with van der Waals surface area (Å²) < 4.78 is 0. The third kappa shape index (κ3) is 3.19. The number of rotatable bonds is 6. The summed E-state index contributed by atoms with van der Waals surface area (Å²) in [7, 11) is 0. The van der Waals surface area contributed by atoms with E-state index in [1.165, 1.54) is 5.56 Å². The highest BCUT2D eigenvalue weighted by molar-refractivity contribution is 5.83. The van der Waals surface area contributed by atoms with Gasteiger partial charge in [0.25, 0.3) is 0 Å². The molecule has 86 valence electrons. The Labute approximate surface area is 97.9 Å². The van der Waals surface area contributed by atoms with E-state index in [-0.39, 0.29) is 0 Å². The second-order valence-corrected chi connectivity index (χ2v) is 4.91. The van der Waals surface area contributed by atoms with E-state index in [1.54, 1.807) is 0 Å². The highest BCUT2D eigenvalue weighted by atomic mass is 16.1. The van der Waals surface area contributed by atoms with Crippen LogP contribution in [0.15, 0.2) is 30.3 Å². The Morgan fingerprint density at radius 2 is 2.00 bits per heavy atom. The van der Waals surface area contributed by atoms with Gasteiger partial charge in [0.2, 0.25) is 0 Å². The fourth-order valence-electron chi connectivity index (χ4n) is 2.16. The molecule has 0 amide bonds. The van der Waals surface area contributed by atoms with Crippen LogP contribution in [-0.4, -0.2) is 5.78 Å². The molecule has 1 aromatic rings. The molecule has 1 nitrogen and oxygen atoms in total. The molecule has 1 aromatic carbocycles. The molecule has 0 spiro atoms. The predicted octanol–water partition coefficient (Wildman–Crippen LogP) is 3.62. The normalized spacial score (nSPS) is 17.1. The lowest BCUT2D eigenvalue weighted by molar-refractivity contribution is -0.121. The number of ketones is 1. The number of Topliss-reactive ketones (excluding diaryl/α,β-unsaturated/α-hetero) is 1. The third-order valence-corrected chi connectivity index (χ3v) is 3.47. The highest BCUT2D eigenvalue weighted by Gasteiger charge is 2.30. The maximum absolute atomic E-state index is 11.8.